The number of aryl methyl sites for hydroxylation is 1. The molecule has 6 rings (SSSR count). The fraction of sp³-hybridized carbons (Fsp3) is 0.273. The lowest BCUT2D eigenvalue weighted by Gasteiger charge is -2.23. The van der Waals surface area contributed by atoms with Crippen LogP contribution in [0, 0.1) is 6.92 Å². The van der Waals surface area contributed by atoms with E-state index in [2.05, 4.69) is 15.5 Å². The van der Waals surface area contributed by atoms with Gasteiger partial charge in [-0.05, 0) is 60.5 Å². The van der Waals surface area contributed by atoms with Gasteiger partial charge in [-0.25, -0.2) is 0 Å². The van der Waals surface area contributed by atoms with E-state index in [0.717, 1.165) is 16.7 Å². The molecule has 0 saturated carbocycles. The van der Waals surface area contributed by atoms with E-state index in [9.17, 15) is 14.4 Å². The smallest absolute Gasteiger partial charge is 0.272 e. The van der Waals surface area contributed by atoms with Gasteiger partial charge in [0.1, 0.15) is 22.9 Å². The van der Waals surface area contributed by atoms with Gasteiger partial charge >= 0.3 is 0 Å². The van der Waals surface area contributed by atoms with Crippen LogP contribution in [0.25, 0.3) is 11.3 Å². The van der Waals surface area contributed by atoms with Crippen LogP contribution in [0.15, 0.2) is 72.8 Å². The molecule has 1 saturated heterocycles. The Labute approximate surface area is 254 Å². The van der Waals surface area contributed by atoms with Gasteiger partial charge in [0.2, 0.25) is 5.91 Å². The molecular weight excluding hydrogens is 562 g/mol. The van der Waals surface area contributed by atoms with Crippen LogP contribution < -0.4 is 14.8 Å². The SMILES string of the molecule is COc1ccccc1-c1cc(C(=O)N2C[C@@H]3NC(=O)CN(C)C(=O)c4ccc(C)c(c4)Oc4cccc(c4)CO[C@H]3C2)[nH]n1. The third-order valence-corrected chi connectivity index (χ3v) is 7.84. The molecule has 11 nitrogen and oxygen atoms in total. The van der Waals surface area contributed by atoms with Crippen LogP contribution in [-0.4, -0.2) is 83.7 Å². The molecule has 1 fully saturated rings. The zero-order valence-electron chi connectivity index (χ0n) is 24.7. The number of fused-ring (bicyclic) bond motifs is 5. The molecule has 226 valence electrons. The molecule has 4 bridgehead atoms. The normalized spacial score (nSPS) is 18.8. The van der Waals surface area contributed by atoms with Gasteiger partial charge in [-0.1, -0.05) is 30.3 Å². The van der Waals surface area contributed by atoms with E-state index in [-0.39, 0.29) is 44.0 Å². The van der Waals surface area contributed by atoms with E-state index in [1.807, 2.05) is 61.5 Å². The molecule has 3 amide bonds. The molecule has 2 aliphatic heterocycles. The summed E-state index contributed by atoms with van der Waals surface area (Å²) in [6.07, 6.45) is -0.493. The van der Waals surface area contributed by atoms with E-state index < -0.39 is 12.1 Å². The lowest BCUT2D eigenvalue weighted by Crippen LogP contribution is -2.48. The summed E-state index contributed by atoms with van der Waals surface area (Å²) in [6.45, 7) is 2.46. The maximum absolute atomic E-state index is 13.6. The van der Waals surface area contributed by atoms with Crippen LogP contribution in [0.2, 0.25) is 0 Å². The maximum Gasteiger partial charge on any atom is 0.272 e. The van der Waals surface area contributed by atoms with Crippen molar-refractivity contribution in [2.24, 2.45) is 0 Å². The summed E-state index contributed by atoms with van der Waals surface area (Å²) < 4.78 is 17.9. The van der Waals surface area contributed by atoms with Gasteiger partial charge in [-0.3, -0.25) is 19.5 Å². The average Bonchev–Trinajstić information content (AvgIpc) is 3.68. The highest BCUT2D eigenvalue weighted by atomic mass is 16.5. The topological polar surface area (TPSA) is 126 Å². The van der Waals surface area contributed by atoms with Crippen LogP contribution in [0.5, 0.6) is 17.2 Å². The standard InChI is InChI=1S/C33H33N5O6/c1-20-11-12-22-14-29(20)44-23-8-6-7-21(13-23)19-43-30-17-38(16-27(30)34-31(39)18-37(2)32(22)40)33(41)26-15-25(35-36-26)24-9-4-5-10-28(24)42-3/h4-15,27,30H,16-19H2,1-3H3,(H,34,39)(H,35,36)/t27-,30-/m0/s1. The van der Waals surface area contributed by atoms with Crippen molar-refractivity contribution in [3.05, 3.63) is 95.2 Å². The number of amides is 3. The first kappa shape index (κ1) is 28.9. The summed E-state index contributed by atoms with van der Waals surface area (Å²) in [6, 6.07) is 21.4. The second-order valence-corrected chi connectivity index (χ2v) is 11.0. The van der Waals surface area contributed by atoms with Crippen LogP contribution in [0.3, 0.4) is 0 Å². The third-order valence-electron chi connectivity index (χ3n) is 7.84. The number of carbonyl (C=O) groups is 3. The van der Waals surface area contributed by atoms with Gasteiger partial charge in [0.25, 0.3) is 11.8 Å². The minimum Gasteiger partial charge on any atom is -0.496 e. The van der Waals surface area contributed by atoms with E-state index >= 15 is 0 Å². The zero-order chi connectivity index (χ0) is 30.8. The van der Waals surface area contributed by atoms with E-state index in [4.69, 9.17) is 14.2 Å². The van der Waals surface area contributed by atoms with Crippen molar-refractivity contribution in [3.8, 4) is 28.5 Å². The summed E-state index contributed by atoms with van der Waals surface area (Å²) in [7, 11) is 3.16. The van der Waals surface area contributed by atoms with Crippen molar-refractivity contribution < 1.29 is 28.6 Å². The number of nitrogens with one attached hydrogen (secondary N) is 2. The summed E-state index contributed by atoms with van der Waals surface area (Å²) in [4.78, 5) is 42.9. The Morgan fingerprint density at radius 2 is 1.86 bits per heavy atom. The van der Waals surface area contributed by atoms with Crippen molar-refractivity contribution >= 4 is 17.7 Å². The number of hydrogen-bond donors (Lipinski definition) is 2. The number of likely N-dealkylation sites (tertiary alicyclic amines) is 1. The van der Waals surface area contributed by atoms with E-state index in [0.29, 0.717) is 34.2 Å². The van der Waals surface area contributed by atoms with Gasteiger partial charge in [0, 0.05) is 31.3 Å². The Kier molecular flexibility index (Phi) is 8.03. The number of para-hydroxylation sites is 1. The molecule has 0 radical (unpaired) electrons. The Morgan fingerprint density at radius 1 is 1.02 bits per heavy atom. The van der Waals surface area contributed by atoms with Crippen LogP contribution in [0.4, 0.5) is 0 Å². The number of benzene rings is 3. The van der Waals surface area contributed by atoms with Gasteiger partial charge < -0.3 is 29.3 Å². The number of methoxy groups -OCH3 is 1. The fourth-order valence-electron chi connectivity index (χ4n) is 5.48. The lowest BCUT2D eigenvalue weighted by atomic mass is 10.1. The van der Waals surface area contributed by atoms with Crippen molar-refractivity contribution in [2.75, 3.05) is 33.8 Å². The van der Waals surface area contributed by atoms with Gasteiger partial charge in [-0.2, -0.15) is 5.10 Å². The Morgan fingerprint density at radius 3 is 2.70 bits per heavy atom. The van der Waals surface area contributed by atoms with Gasteiger partial charge in [0.15, 0.2) is 0 Å². The molecule has 1 aromatic heterocycles. The lowest BCUT2D eigenvalue weighted by molar-refractivity contribution is -0.123. The minimum atomic E-state index is -0.495. The molecule has 0 aliphatic carbocycles. The molecule has 44 heavy (non-hydrogen) atoms. The quantitative estimate of drug-likeness (QED) is 0.369. The number of aromatic nitrogens is 2. The number of carbonyl (C=O) groups excluding carboxylic acids is 3. The zero-order valence-corrected chi connectivity index (χ0v) is 24.7. The summed E-state index contributed by atoms with van der Waals surface area (Å²) in [5, 5.41) is 10.2. The predicted octanol–water partition coefficient (Wildman–Crippen LogP) is 3.80. The number of H-pyrrole nitrogens is 1. The third kappa shape index (κ3) is 6.00. The first-order valence-electron chi connectivity index (χ1n) is 14.3. The monoisotopic (exact) mass is 595 g/mol. The highest BCUT2D eigenvalue weighted by Gasteiger charge is 2.38. The van der Waals surface area contributed by atoms with Crippen LogP contribution in [0.1, 0.15) is 32.0 Å². The first-order chi connectivity index (χ1) is 21.3. The summed E-state index contributed by atoms with van der Waals surface area (Å²) in [5.41, 5.74) is 3.79. The van der Waals surface area contributed by atoms with Gasteiger partial charge in [0.05, 0.1) is 38.1 Å². The van der Waals surface area contributed by atoms with Crippen molar-refractivity contribution in [1.82, 2.24) is 25.3 Å². The Hall–Kier alpha value is -5.16. The van der Waals surface area contributed by atoms with Crippen molar-refractivity contribution in [1.29, 1.82) is 0 Å². The second-order valence-electron chi connectivity index (χ2n) is 11.0. The van der Waals surface area contributed by atoms with Crippen molar-refractivity contribution in [2.45, 2.75) is 25.7 Å². The number of aromatic amines is 1. The average molecular weight is 596 g/mol. The molecule has 3 aromatic carbocycles. The number of nitrogens with zero attached hydrogens (tertiary/aromatic N) is 3. The second kappa shape index (κ2) is 12.2. The number of ether oxygens (including phenoxy) is 3. The minimum absolute atomic E-state index is 0.165. The number of rotatable bonds is 3. The molecule has 2 atom stereocenters. The maximum atomic E-state index is 13.6. The number of likely N-dealkylation sites (N-methyl/N-ethyl adjacent to an activating group) is 1. The Bertz CT molecular complexity index is 1720. The summed E-state index contributed by atoms with van der Waals surface area (Å²) in [5.74, 6) is 0.867. The molecule has 11 heteroatoms. The molecule has 0 unspecified atom stereocenters. The molecule has 2 aliphatic rings. The van der Waals surface area contributed by atoms with E-state index in [1.54, 1.807) is 37.3 Å². The first-order valence-corrected chi connectivity index (χ1v) is 14.3. The fourth-order valence-corrected chi connectivity index (χ4v) is 5.48. The largest absolute Gasteiger partial charge is 0.496 e. The van der Waals surface area contributed by atoms with Crippen molar-refractivity contribution in [3.63, 3.8) is 0 Å². The highest BCUT2D eigenvalue weighted by molar-refractivity contribution is 5.97. The molecule has 0 spiro atoms. The molecule has 3 heterocycles. The molecule has 2 N–H and O–H groups in total. The van der Waals surface area contributed by atoms with E-state index in [1.165, 1.54) is 4.90 Å². The Balaban J connectivity index is 1.24. The van der Waals surface area contributed by atoms with Crippen LogP contribution >= 0.6 is 0 Å². The molecular formula is C33H33N5O6. The highest BCUT2D eigenvalue weighted by Crippen LogP contribution is 2.30. The number of hydrogen-bond acceptors (Lipinski definition) is 7. The van der Waals surface area contributed by atoms with Crippen LogP contribution in [-0.2, 0) is 16.1 Å². The predicted molar refractivity (Wildman–Crippen MR) is 162 cm³/mol. The van der Waals surface area contributed by atoms with Gasteiger partial charge in [-0.15, -0.1) is 0 Å². The molecule has 4 aromatic rings. The summed E-state index contributed by atoms with van der Waals surface area (Å²) >= 11 is 0.